The minimum absolute atomic E-state index is 0.0959. The van der Waals surface area contributed by atoms with E-state index in [1.54, 1.807) is 7.11 Å². The number of methoxy groups -OCH3 is 1. The van der Waals surface area contributed by atoms with Gasteiger partial charge in [-0.25, -0.2) is 0 Å². The Morgan fingerprint density at radius 1 is 1.35 bits per heavy atom. The molecule has 5 nitrogen and oxygen atoms in total. The van der Waals surface area contributed by atoms with Gasteiger partial charge in [0.25, 0.3) is 0 Å². The highest BCUT2D eigenvalue weighted by atomic mass is 16.5. The van der Waals surface area contributed by atoms with E-state index in [9.17, 15) is 9.90 Å². The molecule has 1 aliphatic heterocycles. The molecule has 2 unspecified atom stereocenters. The molecule has 1 saturated carbocycles. The Hall–Kier alpha value is -0.650. The topological polar surface area (TPSA) is 70.6 Å². The molecule has 0 aromatic carbocycles. The number of aliphatic hydroxyl groups is 1. The molecule has 2 fully saturated rings. The number of hydrogen-bond donors (Lipinski definition) is 3. The number of amides is 1. The van der Waals surface area contributed by atoms with Gasteiger partial charge in [0.1, 0.15) is 0 Å². The molecule has 2 rings (SSSR count). The van der Waals surface area contributed by atoms with Crippen LogP contribution >= 0.6 is 0 Å². The number of carbonyl (C=O) groups is 1. The molecule has 0 radical (unpaired) electrons. The second-order valence-corrected chi connectivity index (χ2v) is 6.29. The van der Waals surface area contributed by atoms with Crippen LogP contribution in [0.15, 0.2) is 0 Å². The third-order valence-electron chi connectivity index (χ3n) is 4.86. The lowest BCUT2D eigenvalue weighted by Gasteiger charge is -2.36. The Kier molecular flexibility index (Phi) is 5.81. The van der Waals surface area contributed by atoms with Gasteiger partial charge >= 0.3 is 0 Å². The predicted octanol–water partition coefficient (Wildman–Crippen LogP) is 0.670. The molecule has 0 aromatic rings. The quantitative estimate of drug-likeness (QED) is 0.694. The first-order chi connectivity index (χ1) is 9.68. The summed E-state index contributed by atoms with van der Waals surface area (Å²) in [4.78, 5) is 12.6. The van der Waals surface area contributed by atoms with Gasteiger partial charge in [0, 0.05) is 19.6 Å². The van der Waals surface area contributed by atoms with Crippen molar-refractivity contribution in [3.8, 4) is 0 Å². The van der Waals surface area contributed by atoms with E-state index in [0.717, 1.165) is 51.6 Å². The summed E-state index contributed by atoms with van der Waals surface area (Å²) in [5.74, 6) is 0.313. The van der Waals surface area contributed by atoms with Crippen LogP contribution in [0.5, 0.6) is 0 Å². The molecule has 1 saturated heterocycles. The van der Waals surface area contributed by atoms with Gasteiger partial charge in [0.05, 0.1) is 18.1 Å². The Morgan fingerprint density at radius 3 is 2.70 bits per heavy atom. The maximum atomic E-state index is 12.6. The van der Waals surface area contributed by atoms with Crippen molar-refractivity contribution >= 4 is 5.91 Å². The summed E-state index contributed by atoms with van der Waals surface area (Å²) in [6, 6.07) is 0. The van der Waals surface area contributed by atoms with E-state index in [1.807, 2.05) is 0 Å². The van der Waals surface area contributed by atoms with Crippen LogP contribution in [0.2, 0.25) is 0 Å². The van der Waals surface area contributed by atoms with Crippen molar-refractivity contribution in [3.63, 3.8) is 0 Å². The zero-order valence-electron chi connectivity index (χ0n) is 12.5. The van der Waals surface area contributed by atoms with Gasteiger partial charge in [-0.1, -0.05) is 12.8 Å². The largest absolute Gasteiger partial charge is 0.393 e. The van der Waals surface area contributed by atoms with E-state index in [1.165, 1.54) is 0 Å². The van der Waals surface area contributed by atoms with Crippen molar-refractivity contribution < 1.29 is 14.6 Å². The average Bonchev–Trinajstić information content (AvgIpc) is 2.47. The molecule has 20 heavy (non-hydrogen) atoms. The van der Waals surface area contributed by atoms with E-state index >= 15 is 0 Å². The zero-order valence-corrected chi connectivity index (χ0v) is 12.5. The Bertz CT molecular complexity index is 311. The summed E-state index contributed by atoms with van der Waals surface area (Å²) < 4.78 is 5.28. The molecular weight excluding hydrogens is 256 g/mol. The summed E-state index contributed by atoms with van der Waals surface area (Å²) in [7, 11) is 1.65. The highest BCUT2D eigenvalue weighted by Crippen LogP contribution is 2.30. The summed E-state index contributed by atoms with van der Waals surface area (Å²) >= 11 is 0. The second-order valence-electron chi connectivity index (χ2n) is 6.29. The van der Waals surface area contributed by atoms with Crippen LogP contribution in [0.3, 0.4) is 0 Å². The predicted molar refractivity (Wildman–Crippen MR) is 77.4 cm³/mol. The monoisotopic (exact) mass is 284 g/mol. The number of rotatable bonds is 5. The van der Waals surface area contributed by atoms with Crippen LogP contribution in [-0.4, -0.2) is 50.5 Å². The highest BCUT2D eigenvalue weighted by molar-refractivity contribution is 5.83. The first-order valence-electron chi connectivity index (χ1n) is 7.84. The van der Waals surface area contributed by atoms with E-state index in [-0.39, 0.29) is 23.3 Å². The Labute approximate surface area is 121 Å². The number of aliphatic hydroxyl groups excluding tert-OH is 1. The molecule has 1 amide bonds. The van der Waals surface area contributed by atoms with Gasteiger partial charge in [-0.05, 0) is 38.8 Å². The summed E-state index contributed by atoms with van der Waals surface area (Å²) in [5, 5.41) is 16.3. The molecule has 2 aliphatic rings. The molecule has 3 N–H and O–H groups in total. The van der Waals surface area contributed by atoms with E-state index in [2.05, 4.69) is 10.6 Å². The summed E-state index contributed by atoms with van der Waals surface area (Å²) in [6.07, 6.45) is 5.53. The van der Waals surface area contributed by atoms with Crippen molar-refractivity contribution in [1.82, 2.24) is 10.6 Å². The number of carbonyl (C=O) groups excluding carboxylic acids is 1. The first kappa shape index (κ1) is 15.7. The van der Waals surface area contributed by atoms with Crippen molar-refractivity contribution in [2.45, 2.75) is 44.6 Å². The van der Waals surface area contributed by atoms with Crippen LogP contribution in [-0.2, 0) is 9.53 Å². The number of ether oxygens (including phenoxy) is 1. The average molecular weight is 284 g/mol. The second kappa shape index (κ2) is 7.38. The van der Waals surface area contributed by atoms with E-state index < -0.39 is 0 Å². The zero-order chi connectivity index (χ0) is 14.4. The van der Waals surface area contributed by atoms with Crippen molar-refractivity contribution in [3.05, 3.63) is 0 Å². The van der Waals surface area contributed by atoms with Crippen LogP contribution < -0.4 is 10.6 Å². The van der Waals surface area contributed by atoms with Crippen LogP contribution in [0.25, 0.3) is 0 Å². The Balaban J connectivity index is 1.87. The Morgan fingerprint density at radius 2 is 2.05 bits per heavy atom. The highest BCUT2D eigenvalue weighted by Gasteiger charge is 2.39. The molecule has 116 valence electrons. The standard InChI is InChI=1S/C15H28N2O3/c1-20-11-15(6-8-16-9-7-15)14(19)17-10-12-4-2-3-5-13(12)18/h12-13,16,18H,2-11H2,1H3,(H,17,19). The molecule has 2 atom stereocenters. The number of piperidine rings is 1. The third-order valence-corrected chi connectivity index (χ3v) is 4.86. The SMILES string of the molecule is COCC1(C(=O)NCC2CCCCC2O)CCNCC1. The maximum absolute atomic E-state index is 12.6. The molecule has 0 aromatic heterocycles. The fourth-order valence-electron chi connectivity index (χ4n) is 3.46. The summed E-state index contributed by atoms with van der Waals surface area (Å²) in [6.45, 7) is 2.80. The third kappa shape index (κ3) is 3.71. The maximum Gasteiger partial charge on any atom is 0.228 e. The van der Waals surface area contributed by atoms with Gasteiger partial charge in [0.15, 0.2) is 0 Å². The lowest BCUT2D eigenvalue weighted by molar-refractivity contribution is -0.136. The molecule has 0 spiro atoms. The van der Waals surface area contributed by atoms with E-state index in [0.29, 0.717) is 13.2 Å². The normalized spacial score (nSPS) is 29.9. The lowest BCUT2D eigenvalue weighted by atomic mass is 9.78. The molecule has 1 aliphatic carbocycles. The van der Waals surface area contributed by atoms with Gasteiger partial charge in [-0.3, -0.25) is 4.79 Å². The van der Waals surface area contributed by atoms with Crippen LogP contribution in [0.4, 0.5) is 0 Å². The van der Waals surface area contributed by atoms with Crippen molar-refractivity contribution in [2.24, 2.45) is 11.3 Å². The number of nitrogens with one attached hydrogen (secondary N) is 2. The summed E-state index contributed by atoms with van der Waals surface area (Å²) in [5.41, 5.74) is -0.389. The van der Waals surface area contributed by atoms with E-state index in [4.69, 9.17) is 4.74 Å². The van der Waals surface area contributed by atoms with Gasteiger partial charge < -0.3 is 20.5 Å². The van der Waals surface area contributed by atoms with Crippen molar-refractivity contribution in [2.75, 3.05) is 33.4 Å². The minimum Gasteiger partial charge on any atom is -0.393 e. The van der Waals surface area contributed by atoms with Gasteiger partial charge in [-0.15, -0.1) is 0 Å². The van der Waals surface area contributed by atoms with Crippen LogP contribution in [0.1, 0.15) is 38.5 Å². The van der Waals surface area contributed by atoms with Gasteiger partial charge in [-0.2, -0.15) is 0 Å². The smallest absolute Gasteiger partial charge is 0.228 e. The molecule has 1 heterocycles. The molecule has 5 heteroatoms. The van der Waals surface area contributed by atoms with Crippen LogP contribution in [0, 0.1) is 11.3 Å². The minimum atomic E-state index is -0.389. The molecule has 0 bridgehead atoms. The fraction of sp³-hybridized carbons (Fsp3) is 0.933. The van der Waals surface area contributed by atoms with Gasteiger partial charge in [0.2, 0.25) is 5.91 Å². The van der Waals surface area contributed by atoms with Crippen molar-refractivity contribution in [1.29, 1.82) is 0 Å². The first-order valence-corrected chi connectivity index (χ1v) is 7.84. The fourth-order valence-corrected chi connectivity index (χ4v) is 3.46. The molecular formula is C15H28N2O3. The number of hydrogen-bond acceptors (Lipinski definition) is 4. The lowest BCUT2D eigenvalue weighted by Crippen LogP contribution is -2.51.